The van der Waals surface area contributed by atoms with Crippen molar-refractivity contribution in [3.05, 3.63) is 50.6 Å². The highest BCUT2D eigenvalue weighted by atomic mass is 79.9. The molecule has 29 heavy (non-hydrogen) atoms. The second kappa shape index (κ2) is 7.37. The average molecular weight is 462 g/mol. The van der Waals surface area contributed by atoms with E-state index in [2.05, 4.69) is 15.9 Å². The minimum absolute atomic E-state index is 0.0114. The van der Waals surface area contributed by atoms with Gasteiger partial charge in [-0.1, -0.05) is 0 Å². The number of hydrogen-bond acceptors (Lipinski definition) is 7. The number of fused-ring (bicyclic) bond motifs is 1. The fraction of sp³-hybridized carbons (Fsp3) is 0.286. The molecule has 2 heterocycles. The Morgan fingerprint density at radius 3 is 2.62 bits per heavy atom. The first-order chi connectivity index (χ1) is 13.8. The van der Waals surface area contributed by atoms with Gasteiger partial charge in [-0.2, -0.15) is 0 Å². The van der Waals surface area contributed by atoms with E-state index in [4.69, 9.17) is 4.42 Å². The summed E-state index contributed by atoms with van der Waals surface area (Å²) in [5, 5.41) is 40.4. The van der Waals surface area contributed by atoms with Crippen LogP contribution in [0.2, 0.25) is 0 Å². The predicted octanol–water partition coefficient (Wildman–Crippen LogP) is 3.12. The molecule has 1 saturated heterocycles. The summed E-state index contributed by atoms with van der Waals surface area (Å²) in [6.45, 7) is 0.599. The molecule has 1 fully saturated rings. The molecule has 1 aliphatic rings. The van der Waals surface area contributed by atoms with E-state index in [0.717, 1.165) is 6.07 Å². The zero-order valence-corrected chi connectivity index (χ0v) is 17.2. The van der Waals surface area contributed by atoms with Crippen LogP contribution in [0.4, 0.5) is 0 Å². The van der Waals surface area contributed by atoms with Gasteiger partial charge >= 0.3 is 0 Å². The van der Waals surface area contributed by atoms with Gasteiger partial charge in [0.05, 0.1) is 6.61 Å². The molecule has 0 saturated carbocycles. The number of phenols is 3. The first kappa shape index (κ1) is 19.8. The summed E-state index contributed by atoms with van der Waals surface area (Å²) in [6.07, 6.45) is 0.659. The van der Waals surface area contributed by atoms with Crippen molar-refractivity contribution in [1.82, 2.24) is 4.90 Å². The molecule has 2 atom stereocenters. The molecule has 8 heteroatoms. The smallest absolute Gasteiger partial charge is 0.197 e. The van der Waals surface area contributed by atoms with Crippen LogP contribution in [-0.2, 0) is 0 Å². The molecular weight excluding hydrogens is 442 g/mol. The van der Waals surface area contributed by atoms with E-state index in [1.54, 1.807) is 6.07 Å². The van der Waals surface area contributed by atoms with E-state index < -0.39 is 5.43 Å². The van der Waals surface area contributed by atoms with Gasteiger partial charge < -0.3 is 29.7 Å². The number of benzene rings is 2. The summed E-state index contributed by atoms with van der Waals surface area (Å²) in [5.74, 6) is -0.529. The van der Waals surface area contributed by atoms with Crippen molar-refractivity contribution in [3.8, 4) is 28.6 Å². The van der Waals surface area contributed by atoms with E-state index in [0.29, 0.717) is 28.6 Å². The quantitative estimate of drug-likeness (QED) is 0.473. The van der Waals surface area contributed by atoms with Gasteiger partial charge in [0.2, 0.25) is 0 Å². The second-order valence-electron chi connectivity index (χ2n) is 7.30. The van der Waals surface area contributed by atoms with Crippen LogP contribution in [0.15, 0.2) is 44.0 Å². The van der Waals surface area contributed by atoms with Gasteiger partial charge in [-0.3, -0.25) is 4.79 Å². The van der Waals surface area contributed by atoms with E-state index >= 15 is 0 Å². The summed E-state index contributed by atoms with van der Waals surface area (Å²) < 4.78 is 6.58. The molecule has 1 aliphatic heterocycles. The number of aliphatic hydroxyl groups is 1. The van der Waals surface area contributed by atoms with Crippen LogP contribution in [0.1, 0.15) is 17.9 Å². The number of halogens is 1. The molecular formula is C21H20BrNO6. The first-order valence-electron chi connectivity index (χ1n) is 9.14. The molecule has 4 N–H and O–H groups in total. The average Bonchev–Trinajstić information content (AvgIpc) is 3.01. The fourth-order valence-electron chi connectivity index (χ4n) is 4.13. The van der Waals surface area contributed by atoms with Crippen molar-refractivity contribution in [1.29, 1.82) is 0 Å². The Morgan fingerprint density at radius 1 is 1.17 bits per heavy atom. The molecule has 0 amide bonds. The van der Waals surface area contributed by atoms with Gasteiger partial charge in [0.15, 0.2) is 5.43 Å². The molecule has 0 unspecified atom stereocenters. The highest BCUT2D eigenvalue weighted by Gasteiger charge is 2.36. The maximum Gasteiger partial charge on any atom is 0.197 e. The lowest BCUT2D eigenvalue weighted by Gasteiger charge is -2.24. The summed E-state index contributed by atoms with van der Waals surface area (Å²) in [4.78, 5) is 14.8. The Hall–Kier alpha value is -2.55. The highest BCUT2D eigenvalue weighted by Crippen LogP contribution is 2.44. The fourth-order valence-corrected chi connectivity index (χ4v) is 4.69. The Balaban J connectivity index is 2.01. The normalized spacial score (nSPS) is 19.8. The Bertz CT molecular complexity index is 1160. The van der Waals surface area contributed by atoms with Crippen LogP contribution in [0.25, 0.3) is 22.3 Å². The molecule has 4 rings (SSSR count). The largest absolute Gasteiger partial charge is 0.508 e. The van der Waals surface area contributed by atoms with Gasteiger partial charge in [-0.05, 0) is 54.1 Å². The zero-order chi connectivity index (χ0) is 20.9. The lowest BCUT2D eigenvalue weighted by molar-refractivity contribution is 0.172. The standard InChI is InChI=1S/C21H20BrNO6/c1-23-5-4-12(14(23)9-24)19-15(26)7-16(27)20-17(28)8-18(29-21(19)20)11-3-2-10(25)6-13(11)22/h2-3,6-8,12,14,24-27H,4-5,9H2,1H3/t12-,14+/m0/s1. The number of nitrogens with zero attached hydrogens (tertiary/aromatic N) is 1. The maximum absolute atomic E-state index is 12.8. The maximum atomic E-state index is 12.8. The van der Waals surface area contributed by atoms with Gasteiger partial charge in [0.25, 0.3) is 0 Å². The third-order valence-electron chi connectivity index (χ3n) is 5.60. The number of hydrogen-bond donors (Lipinski definition) is 4. The number of phenolic OH excluding ortho intramolecular Hbond substituents is 3. The van der Waals surface area contributed by atoms with E-state index in [-0.39, 0.29) is 52.5 Å². The molecule has 7 nitrogen and oxygen atoms in total. The van der Waals surface area contributed by atoms with Gasteiger partial charge in [0, 0.05) is 39.7 Å². The molecule has 152 valence electrons. The lowest BCUT2D eigenvalue weighted by Crippen LogP contribution is -2.32. The topological polar surface area (TPSA) is 114 Å². The highest BCUT2D eigenvalue weighted by molar-refractivity contribution is 9.10. The zero-order valence-electron chi connectivity index (χ0n) is 15.6. The first-order valence-corrected chi connectivity index (χ1v) is 9.93. The molecule has 0 spiro atoms. The summed E-state index contributed by atoms with van der Waals surface area (Å²) in [7, 11) is 1.88. The molecule has 1 aromatic heterocycles. The van der Waals surface area contributed by atoms with Crippen molar-refractivity contribution in [3.63, 3.8) is 0 Å². The minimum atomic E-state index is -0.452. The van der Waals surface area contributed by atoms with Gasteiger partial charge in [-0.15, -0.1) is 0 Å². The Kier molecular flexibility index (Phi) is 5.02. The minimum Gasteiger partial charge on any atom is -0.508 e. The number of likely N-dealkylation sites (N-methyl/N-ethyl adjacent to an activating group) is 1. The number of rotatable bonds is 3. The van der Waals surface area contributed by atoms with Crippen LogP contribution >= 0.6 is 15.9 Å². The molecule has 0 radical (unpaired) electrons. The molecule has 3 aromatic rings. The number of aromatic hydroxyl groups is 3. The Morgan fingerprint density at radius 2 is 1.93 bits per heavy atom. The van der Waals surface area contributed by atoms with Crippen LogP contribution < -0.4 is 5.43 Å². The van der Waals surface area contributed by atoms with Gasteiger partial charge in [-0.25, -0.2) is 0 Å². The summed E-state index contributed by atoms with van der Waals surface area (Å²) in [6, 6.07) is 6.73. The monoisotopic (exact) mass is 461 g/mol. The number of aliphatic hydroxyl groups excluding tert-OH is 1. The molecule has 2 aromatic carbocycles. The van der Waals surface area contributed by atoms with Crippen molar-refractivity contribution < 1.29 is 24.8 Å². The summed E-state index contributed by atoms with van der Waals surface area (Å²) in [5.41, 5.74) is 0.587. The van der Waals surface area contributed by atoms with Crippen molar-refractivity contribution in [2.24, 2.45) is 0 Å². The Labute approximate surface area is 174 Å². The van der Waals surface area contributed by atoms with E-state index in [1.165, 1.54) is 18.2 Å². The third-order valence-corrected chi connectivity index (χ3v) is 6.25. The van der Waals surface area contributed by atoms with Crippen LogP contribution in [0, 0.1) is 0 Å². The van der Waals surface area contributed by atoms with Gasteiger partial charge in [0.1, 0.15) is 34.0 Å². The van der Waals surface area contributed by atoms with Crippen molar-refractivity contribution in [2.75, 3.05) is 20.2 Å². The van der Waals surface area contributed by atoms with Crippen molar-refractivity contribution >= 4 is 26.9 Å². The predicted molar refractivity (Wildman–Crippen MR) is 111 cm³/mol. The molecule has 0 bridgehead atoms. The summed E-state index contributed by atoms with van der Waals surface area (Å²) >= 11 is 3.35. The molecule has 0 aliphatic carbocycles. The lowest BCUT2D eigenvalue weighted by atomic mass is 9.89. The van der Waals surface area contributed by atoms with Crippen molar-refractivity contribution in [2.45, 2.75) is 18.4 Å². The van der Waals surface area contributed by atoms with E-state index in [9.17, 15) is 25.2 Å². The third kappa shape index (κ3) is 3.27. The second-order valence-corrected chi connectivity index (χ2v) is 8.15. The number of likely N-dealkylation sites (tertiary alicyclic amines) is 1. The SMILES string of the molecule is CN1CC[C@H](c2c(O)cc(O)c3c(=O)cc(-c4ccc(O)cc4Br)oc23)[C@H]1CO. The van der Waals surface area contributed by atoms with Crippen LogP contribution in [-0.4, -0.2) is 51.6 Å². The van der Waals surface area contributed by atoms with E-state index in [1.807, 2.05) is 11.9 Å². The van der Waals surface area contributed by atoms with Crippen LogP contribution in [0.3, 0.4) is 0 Å². The van der Waals surface area contributed by atoms with Crippen LogP contribution in [0.5, 0.6) is 17.2 Å².